The van der Waals surface area contributed by atoms with Crippen molar-refractivity contribution in [2.24, 2.45) is 11.8 Å². The molecule has 1 saturated heterocycles. The maximum Gasteiger partial charge on any atom is 0.229 e. The molecule has 2 N–H and O–H groups in total. The lowest BCUT2D eigenvalue weighted by atomic mass is 9.93. The number of hydrogen-bond donors (Lipinski definition) is 2. The summed E-state index contributed by atoms with van der Waals surface area (Å²) in [6.45, 7) is 2.17. The molecule has 1 heterocycles. The van der Waals surface area contributed by atoms with E-state index in [1.54, 1.807) is 31.2 Å². The molecule has 1 aliphatic heterocycles. The van der Waals surface area contributed by atoms with E-state index < -0.39 is 21.9 Å². The zero-order valence-corrected chi connectivity index (χ0v) is 18.4. The molecule has 2 aliphatic rings. The van der Waals surface area contributed by atoms with E-state index in [9.17, 15) is 22.4 Å². The van der Waals surface area contributed by atoms with Crippen molar-refractivity contribution in [1.29, 1.82) is 0 Å². The molecule has 9 heteroatoms. The van der Waals surface area contributed by atoms with Gasteiger partial charge in [-0.1, -0.05) is 18.2 Å². The van der Waals surface area contributed by atoms with Crippen LogP contribution in [-0.4, -0.2) is 32.6 Å². The Morgan fingerprint density at radius 3 is 2.74 bits per heavy atom. The van der Waals surface area contributed by atoms with Gasteiger partial charge in [0.2, 0.25) is 21.8 Å². The van der Waals surface area contributed by atoms with Crippen molar-refractivity contribution in [1.82, 2.24) is 10.0 Å². The van der Waals surface area contributed by atoms with Crippen LogP contribution in [0.1, 0.15) is 57.1 Å². The Labute approximate surface area is 182 Å². The lowest BCUT2D eigenvalue weighted by Crippen LogP contribution is -2.40. The van der Waals surface area contributed by atoms with Gasteiger partial charge in [-0.3, -0.25) is 14.9 Å². The van der Waals surface area contributed by atoms with Crippen LogP contribution in [0.4, 0.5) is 4.39 Å². The first-order chi connectivity index (χ1) is 14.7. The number of hydrogen-bond acceptors (Lipinski definition) is 5. The molecule has 7 nitrogen and oxygen atoms in total. The standard InChI is InChI=1S/C22H29FN2O5S/c1-15(18-8-10-19(23)20(13-18)30-14-16-6-7-16)25-31(28,29)12-4-2-3-5-17-9-11-21(26)24-22(17)27/h2,4,8,10,13,15-17,25H,3,5-7,9,11-12,14H2,1H3,(H,24,26,27)/b4-2+/t15-,17?/m1/s1. The third kappa shape index (κ3) is 7.43. The lowest BCUT2D eigenvalue weighted by Gasteiger charge is -2.19. The maximum absolute atomic E-state index is 13.9. The zero-order chi connectivity index (χ0) is 22.4. The van der Waals surface area contributed by atoms with Gasteiger partial charge in [0.1, 0.15) is 0 Å². The molecule has 1 aromatic rings. The number of allylic oxidation sites excluding steroid dienone is 1. The third-order valence-electron chi connectivity index (χ3n) is 5.50. The number of halogens is 1. The number of rotatable bonds is 11. The topological polar surface area (TPSA) is 102 Å². The molecule has 1 aromatic carbocycles. The van der Waals surface area contributed by atoms with Gasteiger partial charge in [0.25, 0.3) is 0 Å². The van der Waals surface area contributed by atoms with Crippen molar-refractivity contribution in [2.75, 3.05) is 12.4 Å². The van der Waals surface area contributed by atoms with E-state index in [4.69, 9.17) is 4.74 Å². The first-order valence-corrected chi connectivity index (χ1v) is 12.3. The fraction of sp³-hybridized carbons (Fsp3) is 0.545. The van der Waals surface area contributed by atoms with Crippen molar-refractivity contribution in [3.63, 3.8) is 0 Å². The Morgan fingerprint density at radius 1 is 1.26 bits per heavy atom. The summed E-state index contributed by atoms with van der Waals surface area (Å²) in [6.07, 6.45) is 7.46. The molecule has 1 aliphatic carbocycles. The van der Waals surface area contributed by atoms with Gasteiger partial charge >= 0.3 is 0 Å². The Balaban J connectivity index is 1.46. The highest BCUT2D eigenvalue weighted by molar-refractivity contribution is 7.89. The minimum atomic E-state index is -3.59. The SMILES string of the molecule is C[C@@H](NS(=O)(=O)C/C=C/CCC1CCC(=O)NC1=O)c1ccc(F)c(OCC2CC2)c1. The highest BCUT2D eigenvalue weighted by Crippen LogP contribution is 2.31. The Bertz CT molecular complexity index is 943. The van der Waals surface area contributed by atoms with Crippen LogP contribution in [0.2, 0.25) is 0 Å². The molecule has 0 radical (unpaired) electrons. The Kier molecular flexibility index (Phi) is 7.83. The lowest BCUT2D eigenvalue weighted by molar-refractivity contribution is -0.136. The monoisotopic (exact) mass is 452 g/mol. The van der Waals surface area contributed by atoms with E-state index in [2.05, 4.69) is 10.0 Å². The van der Waals surface area contributed by atoms with Gasteiger partial charge in [0.15, 0.2) is 11.6 Å². The largest absolute Gasteiger partial charge is 0.490 e. The summed E-state index contributed by atoms with van der Waals surface area (Å²) in [7, 11) is -3.59. The molecule has 1 saturated carbocycles. The second-order valence-electron chi connectivity index (χ2n) is 8.26. The second kappa shape index (κ2) is 10.4. The van der Waals surface area contributed by atoms with Crippen molar-refractivity contribution >= 4 is 21.8 Å². The van der Waals surface area contributed by atoms with E-state index in [0.717, 1.165) is 12.8 Å². The highest BCUT2D eigenvalue weighted by atomic mass is 32.2. The second-order valence-corrected chi connectivity index (χ2v) is 10.1. The van der Waals surface area contributed by atoms with Crippen LogP contribution in [0.15, 0.2) is 30.4 Å². The number of carbonyl (C=O) groups excluding carboxylic acids is 2. The summed E-state index contributed by atoms with van der Waals surface area (Å²) in [6, 6.07) is 3.84. The molecule has 31 heavy (non-hydrogen) atoms. The van der Waals surface area contributed by atoms with Gasteiger partial charge in [-0.05, 0) is 62.6 Å². The van der Waals surface area contributed by atoms with Crippen molar-refractivity contribution < 1.29 is 27.1 Å². The van der Waals surface area contributed by atoms with E-state index in [-0.39, 0.29) is 29.2 Å². The van der Waals surface area contributed by atoms with Crippen LogP contribution in [0.25, 0.3) is 0 Å². The number of benzene rings is 1. The number of nitrogens with one attached hydrogen (secondary N) is 2. The summed E-state index contributed by atoms with van der Waals surface area (Å²) in [5, 5.41) is 2.32. The quantitative estimate of drug-likeness (QED) is 0.397. The van der Waals surface area contributed by atoms with Crippen LogP contribution >= 0.6 is 0 Å². The Hall–Kier alpha value is -2.26. The third-order valence-corrected chi connectivity index (χ3v) is 6.84. The number of imide groups is 1. The fourth-order valence-corrected chi connectivity index (χ4v) is 4.56. The maximum atomic E-state index is 13.9. The number of amides is 2. The Morgan fingerprint density at radius 2 is 2.03 bits per heavy atom. The van der Waals surface area contributed by atoms with E-state index in [1.807, 2.05) is 0 Å². The molecule has 2 amide bonds. The summed E-state index contributed by atoms with van der Waals surface area (Å²) in [5.74, 6) is -0.743. The normalized spacial score (nSPS) is 20.6. The predicted octanol–water partition coefficient (Wildman–Crippen LogP) is 2.98. The average Bonchev–Trinajstić information content (AvgIpc) is 3.52. The molecule has 0 aromatic heterocycles. The molecule has 0 spiro atoms. The molecular weight excluding hydrogens is 423 g/mol. The molecule has 3 rings (SSSR count). The number of carbonyl (C=O) groups is 2. The number of sulfonamides is 1. The van der Waals surface area contributed by atoms with Crippen LogP contribution in [0.3, 0.4) is 0 Å². The van der Waals surface area contributed by atoms with Crippen LogP contribution < -0.4 is 14.8 Å². The van der Waals surface area contributed by atoms with Gasteiger partial charge in [-0.2, -0.15) is 0 Å². The van der Waals surface area contributed by atoms with Crippen molar-refractivity contribution in [3.8, 4) is 5.75 Å². The van der Waals surface area contributed by atoms with Crippen molar-refractivity contribution in [2.45, 2.75) is 51.5 Å². The number of ether oxygens (including phenoxy) is 1. The van der Waals surface area contributed by atoms with Gasteiger partial charge in [-0.25, -0.2) is 17.5 Å². The number of piperidine rings is 1. The summed E-state index contributed by atoms with van der Waals surface area (Å²) in [5.41, 5.74) is 0.623. The van der Waals surface area contributed by atoms with Crippen molar-refractivity contribution in [3.05, 3.63) is 41.7 Å². The van der Waals surface area contributed by atoms with Crippen LogP contribution in [-0.2, 0) is 19.6 Å². The molecule has 170 valence electrons. The molecule has 2 atom stereocenters. The summed E-state index contributed by atoms with van der Waals surface area (Å²) in [4.78, 5) is 22.9. The fourth-order valence-electron chi connectivity index (χ4n) is 3.40. The van der Waals surface area contributed by atoms with Gasteiger partial charge in [-0.15, -0.1) is 0 Å². The summed E-state index contributed by atoms with van der Waals surface area (Å²) < 4.78 is 46.8. The van der Waals surface area contributed by atoms with E-state index in [1.165, 1.54) is 6.07 Å². The van der Waals surface area contributed by atoms with Crippen LogP contribution in [0, 0.1) is 17.7 Å². The van der Waals surface area contributed by atoms with Gasteiger partial charge in [0.05, 0.1) is 12.4 Å². The minimum Gasteiger partial charge on any atom is -0.490 e. The van der Waals surface area contributed by atoms with Gasteiger partial charge in [0, 0.05) is 18.4 Å². The molecule has 0 bridgehead atoms. The summed E-state index contributed by atoms with van der Waals surface area (Å²) >= 11 is 0. The van der Waals surface area contributed by atoms with E-state index in [0.29, 0.717) is 43.8 Å². The first kappa shape index (κ1) is 23.4. The van der Waals surface area contributed by atoms with Gasteiger partial charge < -0.3 is 4.74 Å². The smallest absolute Gasteiger partial charge is 0.229 e. The predicted molar refractivity (Wildman–Crippen MR) is 114 cm³/mol. The van der Waals surface area contributed by atoms with E-state index >= 15 is 0 Å². The highest BCUT2D eigenvalue weighted by Gasteiger charge is 2.25. The van der Waals surface area contributed by atoms with Crippen LogP contribution in [0.5, 0.6) is 5.75 Å². The molecule has 2 fully saturated rings. The first-order valence-electron chi connectivity index (χ1n) is 10.6. The zero-order valence-electron chi connectivity index (χ0n) is 17.6. The minimum absolute atomic E-state index is 0.142. The average molecular weight is 453 g/mol. The molecule has 1 unspecified atom stereocenters. The molecular formula is C22H29FN2O5S.